The van der Waals surface area contributed by atoms with Crippen LogP contribution in [0.5, 0.6) is 0 Å². The van der Waals surface area contributed by atoms with Crippen molar-refractivity contribution < 1.29 is 23.9 Å². The number of benzene rings is 2. The first-order valence-corrected chi connectivity index (χ1v) is 8.47. The molecule has 0 aliphatic carbocycles. The Morgan fingerprint density at radius 1 is 1.24 bits per heavy atom. The van der Waals surface area contributed by atoms with Crippen LogP contribution in [-0.2, 0) is 9.59 Å². The summed E-state index contributed by atoms with van der Waals surface area (Å²) in [5.41, 5.74) is 3.52. The first-order chi connectivity index (χ1) is 13.9. The number of halogens is 1. The third kappa shape index (κ3) is 5.45. The summed E-state index contributed by atoms with van der Waals surface area (Å²) in [4.78, 5) is 39.1. The van der Waals surface area contributed by atoms with Gasteiger partial charge in [0.1, 0.15) is 11.9 Å². The Bertz CT molecular complexity index is 1000. The average Bonchev–Trinajstić information content (AvgIpc) is 3.02. The third-order valence-corrected chi connectivity index (χ3v) is 3.86. The molecule has 10 heteroatoms. The van der Waals surface area contributed by atoms with E-state index >= 15 is 0 Å². The van der Waals surface area contributed by atoms with Crippen LogP contribution in [0.1, 0.15) is 22.3 Å². The van der Waals surface area contributed by atoms with Crippen LogP contribution in [0.3, 0.4) is 0 Å². The fourth-order valence-electron chi connectivity index (χ4n) is 2.48. The Balaban J connectivity index is 1.55. The lowest BCUT2D eigenvalue weighted by Gasteiger charge is -2.07. The summed E-state index contributed by atoms with van der Waals surface area (Å²) in [6.07, 6.45) is 1.19. The number of guanidine groups is 1. The van der Waals surface area contributed by atoms with Gasteiger partial charge in [0.2, 0.25) is 11.9 Å². The van der Waals surface area contributed by atoms with Crippen LogP contribution in [0, 0.1) is 5.82 Å². The van der Waals surface area contributed by atoms with Gasteiger partial charge in [-0.2, -0.15) is 5.10 Å². The number of nitrogens with zero attached hydrogens (tertiary/aromatic N) is 2. The predicted molar refractivity (Wildman–Crippen MR) is 103 cm³/mol. The predicted octanol–water partition coefficient (Wildman–Crippen LogP) is 1.33. The monoisotopic (exact) mass is 397 g/mol. The zero-order chi connectivity index (χ0) is 20.8. The van der Waals surface area contributed by atoms with Crippen molar-refractivity contribution in [1.29, 1.82) is 0 Å². The number of carbonyl (C=O) groups is 3. The maximum absolute atomic E-state index is 12.9. The van der Waals surface area contributed by atoms with Gasteiger partial charge in [0.05, 0.1) is 18.2 Å². The summed E-state index contributed by atoms with van der Waals surface area (Å²) in [5.74, 6) is -2.36. The SMILES string of the molecule is O=C(CC1N=C(NN=Cc2ccc(F)cc2)NC1=O)Nc1cccc(C(=O)O)c1. The Morgan fingerprint density at radius 2 is 2.00 bits per heavy atom. The number of amides is 2. The van der Waals surface area contributed by atoms with Gasteiger partial charge in [0, 0.05) is 5.69 Å². The molecule has 1 aliphatic heterocycles. The molecule has 1 atom stereocenters. The zero-order valence-electron chi connectivity index (χ0n) is 14.9. The number of hydrogen-bond acceptors (Lipinski definition) is 6. The van der Waals surface area contributed by atoms with Crippen molar-refractivity contribution in [3.63, 3.8) is 0 Å². The normalized spacial score (nSPS) is 15.7. The molecule has 1 unspecified atom stereocenters. The number of anilines is 1. The summed E-state index contributed by atoms with van der Waals surface area (Å²) in [7, 11) is 0. The van der Waals surface area contributed by atoms with E-state index in [4.69, 9.17) is 5.11 Å². The maximum Gasteiger partial charge on any atom is 0.335 e. The lowest BCUT2D eigenvalue weighted by Crippen LogP contribution is -2.35. The van der Waals surface area contributed by atoms with Crippen molar-refractivity contribution in [3.05, 3.63) is 65.5 Å². The second kappa shape index (κ2) is 8.74. The highest BCUT2D eigenvalue weighted by atomic mass is 19.1. The Kier molecular flexibility index (Phi) is 5.93. The topological polar surface area (TPSA) is 132 Å². The van der Waals surface area contributed by atoms with E-state index in [1.54, 1.807) is 6.07 Å². The number of nitrogens with one attached hydrogen (secondary N) is 3. The Morgan fingerprint density at radius 3 is 2.72 bits per heavy atom. The molecule has 1 heterocycles. The Labute approximate surface area is 164 Å². The van der Waals surface area contributed by atoms with Gasteiger partial charge in [0.15, 0.2) is 0 Å². The largest absolute Gasteiger partial charge is 0.478 e. The first kappa shape index (κ1) is 19.7. The van der Waals surface area contributed by atoms with Gasteiger partial charge in [-0.05, 0) is 35.9 Å². The molecule has 0 saturated carbocycles. The minimum Gasteiger partial charge on any atom is -0.478 e. The fourth-order valence-corrected chi connectivity index (χ4v) is 2.48. The molecule has 0 radical (unpaired) electrons. The highest BCUT2D eigenvalue weighted by Crippen LogP contribution is 2.13. The van der Waals surface area contributed by atoms with Gasteiger partial charge < -0.3 is 10.4 Å². The van der Waals surface area contributed by atoms with Gasteiger partial charge in [0.25, 0.3) is 5.91 Å². The average molecular weight is 397 g/mol. The molecule has 0 saturated heterocycles. The molecular formula is C19H16FN5O4. The van der Waals surface area contributed by atoms with Crippen LogP contribution < -0.4 is 16.1 Å². The first-order valence-electron chi connectivity index (χ1n) is 8.47. The van der Waals surface area contributed by atoms with Crippen molar-refractivity contribution in [3.8, 4) is 0 Å². The van der Waals surface area contributed by atoms with Crippen LogP contribution in [0.25, 0.3) is 0 Å². The molecule has 148 valence electrons. The number of carboxylic acids is 1. The van der Waals surface area contributed by atoms with E-state index < -0.39 is 23.8 Å². The second-order valence-electron chi connectivity index (χ2n) is 6.04. The van der Waals surface area contributed by atoms with Crippen LogP contribution in [-0.4, -0.2) is 41.1 Å². The highest BCUT2D eigenvalue weighted by molar-refractivity contribution is 6.07. The number of hydrogen-bond donors (Lipinski definition) is 4. The molecule has 9 nitrogen and oxygen atoms in total. The summed E-state index contributed by atoms with van der Waals surface area (Å²) in [6.45, 7) is 0. The van der Waals surface area contributed by atoms with Crippen molar-refractivity contribution in [2.45, 2.75) is 12.5 Å². The fraction of sp³-hybridized carbons (Fsp3) is 0.105. The van der Waals surface area contributed by atoms with E-state index in [2.05, 4.69) is 26.2 Å². The minimum absolute atomic E-state index is 0.0323. The number of carboxylic acid groups (broad SMARTS) is 1. The van der Waals surface area contributed by atoms with Crippen molar-refractivity contribution in [1.82, 2.24) is 10.7 Å². The Hall–Kier alpha value is -4.08. The van der Waals surface area contributed by atoms with E-state index in [1.165, 1.54) is 48.7 Å². The third-order valence-electron chi connectivity index (χ3n) is 3.86. The van der Waals surface area contributed by atoms with Crippen LogP contribution >= 0.6 is 0 Å². The molecular weight excluding hydrogens is 381 g/mol. The standard InChI is InChI=1S/C19H16FN5O4/c20-13-6-4-11(5-7-13)10-21-25-19-23-15(17(27)24-19)9-16(26)22-14-3-1-2-12(8-14)18(28)29/h1-8,10,15H,9H2,(H,22,26)(H,28,29)(H2,23,24,25,27). The van der Waals surface area contributed by atoms with E-state index in [9.17, 15) is 18.8 Å². The van der Waals surface area contributed by atoms with E-state index in [1.807, 2.05) is 0 Å². The summed E-state index contributed by atoms with van der Waals surface area (Å²) in [6, 6.07) is 10.5. The van der Waals surface area contributed by atoms with Gasteiger partial charge >= 0.3 is 5.97 Å². The maximum atomic E-state index is 12.9. The number of carbonyl (C=O) groups excluding carboxylic acids is 2. The second-order valence-corrected chi connectivity index (χ2v) is 6.04. The molecule has 29 heavy (non-hydrogen) atoms. The molecule has 1 aliphatic rings. The lowest BCUT2D eigenvalue weighted by molar-refractivity contribution is -0.123. The molecule has 2 aromatic carbocycles. The minimum atomic E-state index is -1.11. The molecule has 0 bridgehead atoms. The van der Waals surface area contributed by atoms with Crippen molar-refractivity contribution >= 4 is 35.6 Å². The summed E-state index contributed by atoms with van der Waals surface area (Å²) >= 11 is 0. The smallest absolute Gasteiger partial charge is 0.335 e. The molecule has 0 aromatic heterocycles. The van der Waals surface area contributed by atoms with Gasteiger partial charge in [-0.3, -0.25) is 14.9 Å². The van der Waals surface area contributed by atoms with Crippen LogP contribution in [0.4, 0.5) is 10.1 Å². The van der Waals surface area contributed by atoms with Gasteiger partial charge in [-0.15, -0.1) is 0 Å². The van der Waals surface area contributed by atoms with Crippen LogP contribution in [0.2, 0.25) is 0 Å². The number of aliphatic imine (C=N–C) groups is 1. The van der Waals surface area contributed by atoms with E-state index in [0.717, 1.165) is 0 Å². The van der Waals surface area contributed by atoms with E-state index in [-0.39, 0.29) is 23.8 Å². The number of hydrazone groups is 1. The molecule has 4 N–H and O–H groups in total. The lowest BCUT2D eigenvalue weighted by atomic mass is 10.1. The summed E-state index contributed by atoms with van der Waals surface area (Å²) < 4.78 is 12.9. The molecule has 0 spiro atoms. The number of aromatic carboxylic acids is 1. The van der Waals surface area contributed by atoms with Gasteiger partial charge in [-0.25, -0.2) is 19.6 Å². The molecule has 2 aromatic rings. The quantitative estimate of drug-likeness (QED) is 0.431. The highest BCUT2D eigenvalue weighted by Gasteiger charge is 2.28. The van der Waals surface area contributed by atoms with E-state index in [0.29, 0.717) is 11.3 Å². The van der Waals surface area contributed by atoms with Crippen molar-refractivity contribution in [2.75, 3.05) is 5.32 Å². The molecule has 3 rings (SSSR count). The molecule has 0 fully saturated rings. The summed E-state index contributed by atoms with van der Waals surface area (Å²) in [5, 5.41) is 17.9. The molecule has 2 amide bonds. The van der Waals surface area contributed by atoms with Crippen molar-refractivity contribution in [2.24, 2.45) is 10.1 Å². The van der Waals surface area contributed by atoms with Crippen LogP contribution in [0.15, 0.2) is 58.6 Å². The van der Waals surface area contributed by atoms with Gasteiger partial charge in [-0.1, -0.05) is 18.2 Å². The zero-order valence-corrected chi connectivity index (χ0v) is 14.9. The number of rotatable bonds is 6.